The van der Waals surface area contributed by atoms with Gasteiger partial charge in [-0.25, -0.2) is 4.79 Å². The van der Waals surface area contributed by atoms with Gasteiger partial charge in [-0.3, -0.25) is 4.79 Å². The van der Waals surface area contributed by atoms with Crippen LogP contribution in [0.2, 0.25) is 0 Å². The highest BCUT2D eigenvalue weighted by molar-refractivity contribution is 7.12. The van der Waals surface area contributed by atoms with Crippen molar-refractivity contribution in [3.8, 4) is 0 Å². The van der Waals surface area contributed by atoms with Crippen molar-refractivity contribution in [3.05, 3.63) is 16.3 Å². The van der Waals surface area contributed by atoms with Crippen LogP contribution >= 0.6 is 11.3 Å². The Kier molecular flexibility index (Phi) is 5.59. The molecule has 5 heteroatoms. The van der Waals surface area contributed by atoms with Crippen LogP contribution in [0.15, 0.2) is 11.4 Å². The predicted octanol–water partition coefficient (Wildman–Crippen LogP) is 4.14. The molecule has 2 rings (SSSR count). The highest BCUT2D eigenvalue weighted by atomic mass is 32.1. The fourth-order valence-electron chi connectivity index (χ4n) is 2.81. The molecule has 1 saturated carbocycles. The van der Waals surface area contributed by atoms with E-state index in [1.54, 1.807) is 11.4 Å². The Morgan fingerprint density at radius 2 is 2.05 bits per heavy atom. The van der Waals surface area contributed by atoms with Gasteiger partial charge in [-0.1, -0.05) is 32.1 Å². The smallest absolute Gasteiger partial charge is 0.348 e. The van der Waals surface area contributed by atoms with Crippen LogP contribution in [0.1, 0.15) is 61.0 Å². The van der Waals surface area contributed by atoms with Gasteiger partial charge in [0.15, 0.2) is 0 Å². The number of carbonyl (C=O) groups excluding carboxylic acids is 1. The maximum Gasteiger partial charge on any atom is 0.348 e. The summed E-state index contributed by atoms with van der Waals surface area (Å²) in [6.45, 7) is 0. The van der Waals surface area contributed by atoms with E-state index in [9.17, 15) is 9.59 Å². The molecular formula is C15H21NO3S. The number of anilines is 1. The van der Waals surface area contributed by atoms with Crippen LogP contribution in [0.4, 0.5) is 5.69 Å². The summed E-state index contributed by atoms with van der Waals surface area (Å²) in [5.41, 5.74) is 0.421. The van der Waals surface area contributed by atoms with Crippen molar-refractivity contribution < 1.29 is 14.7 Å². The third kappa shape index (κ3) is 4.34. The predicted molar refractivity (Wildman–Crippen MR) is 80.3 cm³/mol. The average Bonchev–Trinajstić information content (AvgIpc) is 2.88. The molecule has 0 radical (unpaired) electrons. The fourth-order valence-corrected chi connectivity index (χ4v) is 3.50. The second-order valence-corrected chi connectivity index (χ2v) is 6.33. The van der Waals surface area contributed by atoms with Crippen LogP contribution in [0.5, 0.6) is 0 Å². The molecule has 0 spiro atoms. The minimum absolute atomic E-state index is 0.0818. The lowest BCUT2D eigenvalue weighted by atomic mass is 9.86. The molecule has 1 aromatic heterocycles. The average molecular weight is 295 g/mol. The molecule has 110 valence electrons. The quantitative estimate of drug-likeness (QED) is 0.829. The highest BCUT2D eigenvalue weighted by Crippen LogP contribution is 2.28. The second-order valence-electron chi connectivity index (χ2n) is 5.41. The number of amides is 1. The Morgan fingerprint density at radius 1 is 1.30 bits per heavy atom. The Morgan fingerprint density at radius 3 is 2.75 bits per heavy atom. The number of nitrogens with one attached hydrogen (secondary N) is 1. The van der Waals surface area contributed by atoms with E-state index in [-0.39, 0.29) is 10.8 Å². The van der Waals surface area contributed by atoms with E-state index in [4.69, 9.17) is 5.11 Å². The summed E-state index contributed by atoms with van der Waals surface area (Å²) < 4.78 is 0. The monoisotopic (exact) mass is 295 g/mol. The number of rotatable bonds is 6. The first-order chi connectivity index (χ1) is 9.66. The maximum absolute atomic E-state index is 11.8. The zero-order valence-corrected chi connectivity index (χ0v) is 12.4. The van der Waals surface area contributed by atoms with Gasteiger partial charge in [0, 0.05) is 6.42 Å². The lowest BCUT2D eigenvalue weighted by Crippen LogP contribution is -2.14. The largest absolute Gasteiger partial charge is 0.477 e. The molecule has 20 heavy (non-hydrogen) atoms. The summed E-state index contributed by atoms with van der Waals surface area (Å²) in [5.74, 6) is -0.286. The maximum atomic E-state index is 11.8. The lowest BCUT2D eigenvalue weighted by Gasteiger charge is -2.21. The van der Waals surface area contributed by atoms with E-state index in [2.05, 4.69) is 5.32 Å². The van der Waals surface area contributed by atoms with Gasteiger partial charge in [0.05, 0.1) is 5.69 Å². The Bertz CT molecular complexity index is 463. The molecule has 1 amide bonds. The molecule has 1 fully saturated rings. The summed E-state index contributed by atoms with van der Waals surface area (Å²) >= 11 is 1.13. The molecule has 0 aromatic carbocycles. The third-order valence-corrected chi connectivity index (χ3v) is 4.78. The van der Waals surface area contributed by atoms with Crippen molar-refractivity contribution in [1.82, 2.24) is 0 Å². The molecule has 4 nitrogen and oxygen atoms in total. The van der Waals surface area contributed by atoms with E-state index in [1.165, 1.54) is 32.1 Å². The topological polar surface area (TPSA) is 66.4 Å². The Labute approximate surface area is 123 Å². The molecule has 0 bridgehead atoms. The van der Waals surface area contributed by atoms with E-state index < -0.39 is 5.97 Å². The number of carboxylic acids is 1. The van der Waals surface area contributed by atoms with Crippen molar-refractivity contribution in [2.24, 2.45) is 5.92 Å². The van der Waals surface area contributed by atoms with E-state index in [0.717, 1.165) is 30.1 Å². The molecule has 0 atom stereocenters. The van der Waals surface area contributed by atoms with Gasteiger partial charge in [0.1, 0.15) is 4.88 Å². The molecule has 0 aliphatic heterocycles. The van der Waals surface area contributed by atoms with Crippen molar-refractivity contribution in [2.45, 2.75) is 51.4 Å². The minimum atomic E-state index is -0.988. The van der Waals surface area contributed by atoms with Crippen LogP contribution in [-0.2, 0) is 4.79 Å². The van der Waals surface area contributed by atoms with Crippen LogP contribution in [0.25, 0.3) is 0 Å². The highest BCUT2D eigenvalue weighted by Gasteiger charge is 2.16. The molecule has 1 aliphatic carbocycles. The first kappa shape index (κ1) is 15.0. The summed E-state index contributed by atoms with van der Waals surface area (Å²) in [7, 11) is 0. The first-order valence-electron chi connectivity index (χ1n) is 7.27. The standard InChI is InChI=1S/C15H21NO3S/c17-13(8-4-7-11-5-2-1-3-6-11)16-12-9-10-20-14(12)15(18)19/h9-11H,1-8H2,(H,16,17)(H,18,19). The Balaban J connectivity index is 1.72. The number of thiophene rings is 1. The summed E-state index contributed by atoms with van der Waals surface area (Å²) in [5, 5.41) is 13.4. The lowest BCUT2D eigenvalue weighted by molar-refractivity contribution is -0.116. The van der Waals surface area contributed by atoms with Gasteiger partial charge < -0.3 is 10.4 Å². The first-order valence-corrected chi connectivity index (χ1v) is 8.15. The number of aromatic carboxylic acids is 1. The normalized spacial score (nSPS) is 16.0. The van der Waals surface area contributed by atoms with Crippen LogP contribution in [0, 0.1) is 5.92 Å². The van der Waals surface area contributed by atoms with Crippen molar-refractivity contribution >= 4 is 28.9 Å². The third-order valence-electron chi connectivity index (χ3n) is 3.87. The molecule has 0 saturated heterocycles. The van der Waals surface area contributed by atoms with Crippen LogP contribution in [-0.4, -0.2) is 17.0 Å². The van der Waals surface area contributed by atoms with Gasteiger partial charge in [0.2, 0.25) is 5.91 Å². The second kappa shape index (κ2) is 7.43. The van der Waals surface area contributed by atoms with Gasteiger partial charge >= 0.3 is 5.97 Å². The zero-order chi connectivity index (χ0) is 14.4. The molecule has 1 aromatic rings. The minimum Gasteiger partial charge on any atom is -0.477 e. The number of carboxylic acid groups (broad SMARTS) is 1. The van der Waals surface area contributed by atoms with E-state index in [1.807, 2.05) is 0 Å². The summed E-state index contributed by atoms with van der Waals surface area (Å²) in [6.07, 6.45) is 9.09. The van der Waals surface area contributed by atoms with Gasteiger partial charge in [-0.15, -0.1) is 11.3 Å². The van der Waals surface area contributed by atoms with Gasteiger partial charge in [-0.2, -0.15) is 0 Å². The number of carbonyl (C=O) groups is 2. The van der Waals surface area contributed by atoms with Crippen molar-refractivity contribution in [1.29, 1.82) is 0 Å². The van der Waals surface area contributed by atoms with Gasteiger partial charge in [-0.05, 0) is 30.2 Å². The van der Waals surface area contributed by atoms with Crippen molar-refractivity contribution in [3.63, 3.8) is 0 Å². The zero-order valence-electron chi connectivity index (χ0n) is 11.6. The van der Waals surface area contributed by atoms with Gasteiger partial charge in [0.25, 0.3) is 0 Å². The number of hydrogen-bond acceptors (Lipinski definition) is 3. The SMILES string of the molecule is O=C(CCCC1CCCCC1)Nc1ccsc1C(=O)O. The van der Waals surface area contributed by atoms with Crippen LogP contribution < -0.4 is 5.32 Å². The number of hydrogen-bond donors (Lipinski definition) is 2. The van der Waals surface area contributed by atoms with E-state index >= 15 is 0 Å². The fraction of sp³-hybridized carbons (Fsp3) is 0.600. The van der Waals surface area contributed by atoms with Crippen molar-refractivity contribution in [2.75, 3.05) is 5.32 Å². The molecular weight excluding hydrogens is 274 g/mol. The molecule has 2 N–H and O–H groups in total. The molecule has 1 heterocycles. The molecule has 0 unspecified atom stereocenters. The molecule has 1 aliphatic rings. The summed E-state index contributed by atoms with van der Waals surface area (Å²) in [6, 6.07) is 1.65. The van der Waals surface area contributed by atoms with Crippen LogP contribution in [0.3, 0.4) is 0 Å². The van der Waals surface area contributed by atoms with E-state index in [0.29, 0.717) is 12.1 Å². The Hall–Kier alpha value is -1.36. The summed E-state index contributed by atoms with van der Waals surface area (Å²) in [4.78, 5) is 23.0.